The van der Waals surface area contributed by atoms with Crippen molar-refractivity contribution in [2.45, 2.75) is 76.7 Å². The second-order valence-corrected chi connectivity index (χ2v) is 8.90. The molecule has 0 saturated carbocycles. The van der Waals surface area contributed by atoms with Gasteiger partial charge in [-0.15, -0.1) is 0 Å². The predicted molar refractivity (Wildman–Crippen MR) is 131 cm³/mol. The molecule has 0 aliphatic rings. The van der Waals surface area contributed by atoms with Crippen molar-refractivity contribution in [1.29, 1.82) is 0 Å². The van der Waals surface area contributed by atoms with Crippen LogP contribution in [0.1, 0.15) is 45.6 Å². The smallest absolute Gasteiger partial charge is 0.326 e. The number of phenols is 1. The first-order chi connectivity index (χ1) is 17.3. The minimum atomic E-state index is -1.61. The SMILES string of the molecule is CCC(C)C(N)C(=O)NC(Cc1ccc(O)cc1)C(=O)NC(C(=O)NC(CCC(=O)O)C(=O)O)C(C)O. The lowest BCUT2D eigenvalue weighted by atomic mass is 9.98. The number of carbonyl (C=O) groups is 5. The van der Waals surface area contributed by atoms with Gasteiger partial charge in [-0.25, -0.2) is 4.79 Å². The normalized spacial score (nSPS) is 15.8. The number of hydrogen-bond acceptors (Lipinski definition) is 8. The molecule has 0 aliphatic carbocycles. The molecule has 0 spiro atoms. The Bertz CT molecular complexity index is 952. The Morgan fingerprint density at radius 2 is 1.46 bits per heavy atom. The standard InChI is InChI=1S/C24H36N4O9/c1-4-12(2)19(25)22(34)27-17(11-14-5-7-15(30)8-6-14)21(33)28-20(13(3)29)23(35)26-16(24(36)37)9-10-18(31)32/h5-8,12-13,16-17,19-20,29-30H,4,9-11,25H2,1-3H3,(H,26,35)(H,27,34)(H,28,33)(H,31,32)(H,36,37). The minimum Gasteiger partial charge on any atom is -0.508 e. The van der Waals surface area contributed by atoms with Crippen LogP contribution in [0, 0.1) is 5.92 Å². The molecule has 0 aromatic heterocycles. The summed E-state index contributed by atoms with van der Waals surface area (Å²) in [4.78, 5) is 60.8. The van der Waals surface area contributed by atoms with E-state index in [2.05, 4.69) is 16.0 Å². The molecule has 6 unspecified atom stereocenters. The summed E-state index contributed by atoms with van der Waals surface area (Å²) in [6.07, 6.45) is -1.84. The summed E-state index contributed by atoms with van der Waals surface area (Å²) in [5, 5.41) is 44.7. The quantitative estimate of drug-likeness (QED) is 0.141. The summed E-state index contributed by atoms with van der Waals surface area (Å²) in [5.41, 5.74) is 6.55. The average Bonchev–Trinajstić information content (AvgIpc) is 2.83. The summed E-state index contributed by atoms with van der Waals surface area (Å²) >= 11 is 0. The van der Waals surface area contributed by atoms with Crippen molar-refractivity contribution in [2.75, 3.05) is 0 Å². The maximum Gasteiger partial charge on any atom is 0.326 e. The van der Waals surface area contributed by atoms with Crippen molar-refractivity contribution in [3.8, 4) is 5.75 Å². The summed E-state index contributed by atoms with van der Waals surface area (Å²) in [6.45, 7) is 4.82. The van der Waals surface area contributed by atoms with Gasteiger partial charge in [0.2, 0.25) is 17.7 Å². The van der Waals surface area contributed by atoms with E-state index >= 15 is 0 Å². The number of rotatable bonds is 15. The van der Waals surface area contributed by atoms with Gasteiger partial charge in [-0.3, -0.25) is 19.2 Å². The van der Waals surface area contributed by atoms with Crippen molar-refractivity contribution in [3.05, 3.63) is 29.8 Å². The maximum atomic E-state index is 13.2. The van der Waals surface area contributed by atoms with Crippen LogP contribution in [0.2, 0.25) is 0 Å². The van der Waals surface area contributed by atoms with Crippen LogP contribution in [-0.2, 0) is 30.4 Å². The number of aliphatic carboxylic acids is 2. The monoisotopic (exact) mass is 524 g/mol. The number of amides is 3. The molecule has 206 valence electrons. The maximum absolute atomic E-state index is 13.2. The third kappa shape index (κ3) is 10.4. The Balaban J connectivity index is 3.11. The largest absolute Gasteiger partial charge is 0.508 e. The number of aromatic hydroxyl groups is 1. The molecule has 1 aromatic rings. The fourth-order valence-electron chi connectivity index (χ4n) is 3.30. The molecule has 1 aromatic carbocycles. The van der Waals surface area contributed by atoms with E-state index in [4.69, 9.17) is 10.8 Å². The van der Waals surface area contributed by atoms with E-state index in [-0.39, 0.29) is 18.1 Å². The first-order valence-corrected chi connectivity index (χ1v) is 11.8. The van der Waals surface area contributed by atoms with Crippen molar-refractivity contribution < 1.29 is 44.4 Å². The number of carboxylic acids is 2. The zero-order valence-electron chi connectivity index (χ0n) is 21.0. The van der Waals surface area contributed by atoms with Gasteiger partial charge in [0.25, 0.3) is 0 Å². The van der Waals surface area contributed by atoms with Crippen LogP contribution in [0.25, 0.3) is 0 Å². The number of benzene rings is 1. The first-order valence-electron chi connectivity index (χ1n) is 11.8. The van der Waals surface area contributed by atoms with Gasteiger partial charge >= 0.3 is 11.9 Å². The molecule has 0 bridgehead atoms. The van der Waals surface area contributed by atoms with Crippen LogP contribution in [0.15, 0.2) is 24.3 Å². The summed E-state index contributed by atoms with van der Waals surface area (Å²) < 4.78 is 0. The van der Waals surface area contributed by atoms with E-state index in [1.807, 2.05) is 6.92 Å². The molecule has 0 radical (unpaired) electrons. The molecule has 0 heterocycles. The average molecular weight is 525 g/mol. The summed E-state index contributed by atoms with van der Waals surface area (Å²) in [7, 11) is 0. The fraction of sp³-hybridized carbons (Fsp3) is 0.542. The van der Waals surface area contributed by atoms with Gasteiger partial charge in [-0.05, 0) is 37.0 Å². The van der Waals surface area contributed by atoms with E-state index in [1.54, 1.807) is 6.92 Å². The predicted octanol–water partition coefficient (Wildman–Crippen LogP) is -0.907. The molecule has 0 fully saturated rings. The molecular formula is C24H36N4O9. The molecule has 0 saturated heterocycles. The second-order valence-electron chi connectivity index (χ2n) is 8.90. The van der Waals surface area contributed by atoms with Gasteiger partial charge in [-0.1, -0.05) is 32.4 Å². The minimum absolute atomic E-state index is 0.00527. The van der Waals surface area contributed by atoms with E-state index in [0.29, 0.717) is 12.0 Å². The first kappa shape index (κ1) is 31.3. The lowest BCUT2D eigenvalue weighted by Gasteiger charge is -2.27. The molecule has 13 heteroatoms. The number of nitrogens with one attached hydrogen (secondary N) is 3. The van der Waals surface area contributed by atoms with E-state index in [9.17, 15) is 39.3 Å². The van der Waals surface area contributed by atoms with Crippen LogP contribution in [0.4, 0.5) is 0 Å². The highest BCUT2D eigenvalue weighted by atomic mass is 16.4. The number of nitrogens with two attached hydrogens (primary N) is 1. The number of phenolic OH excluding ortho intramolecular Hbond substituents is 1. The molecular weight excluding hydrogens is 488 g/mol. The molecule has 13 nitrogen and oxygen atoms in total. The Hall–Kier alpha value is -3.71. The number of carboxylic acid groups (broad SMARTS) is 2. The van der Waals surface area contributed by atoms with E-state index in [1.165, 1.54) is 31.2 Å². The number of hydrogen-bond donors (Lipinski definition) is 8. The Labute approximate surface area is 214 Å². The highest BCUT2D eigenvalue weighted by Crippen LogP contribution is 2.13. The third-order valence-corrected chi connectivity index (χ3v) is 5.89. The highest BCUT2D eigenvalue weighted by molar-refractivity contribution is 5.94. The summed E-state index contributed by atoms with van der Waals surface area (Å²) in [5.74, 6) is -5.44. The zero-order chi connectivity index (χ0) is 28.3. The van der Waals surface area contributed by atoms with E-state index in [0.717, 1.165) is 0 Å². The molecule has 9 N–H and O–H groups in total. The molecule has 6 atom stereocenters. The van der Waals surface area contributed by atoms with Crippen molar-refractivity contribution >= 4 is 29.7 Å². The lowest BCUT2D eigenvalue weighted by molar-refractivity contribution is -0.144. The number of aliphatic hydroxyl groups excluding tert-OH is 1. The zero-order valence-corrected chi connectivity index (χ0v) is 21.0. The Morgan fingerprint density at radius 3 is 1.95 bits per heavy atom. The topological polar surface area (TPSA) is 228 Å². The van der Waals surface area contributed by atoms with Crippen LogP contribution < -0.4 is 21.7 Å². The van der Waals surface area contributed by atoms with E-state index < -0.39 is 72.8 Å². The van der Waals surface area contributed by atoms with Gasteiger partial charge in [0, 0.05) is 12.8 Å². The number of aliphatic hydroxyl groups is 1. The van der Waals surface area contributed by atoms with Gasteiger partial charge < -0.3 is 42.1 Å². The fourth-order valence-corrected chi connectivity index (χ4v) is 3.30. The van der Waals surface area contributed by atoms with Crippen LogP contribution in [0.3, 0.4) is 0 Å². The third-order valence-electron chi connectivity index (χ3n) is 5.89. The van der Waals surface area contributed by atoms with Gasteiger partial charge in [0.15, 0.2) is 0 Å². The second kappa shape index (κ2) is 14.8. The van der Waals surface area contributed by atoms with Crippen LogP contribution in [-0.4, -0.2) is 80.4 Å². The van der Waals surface area contributed by atoms with Gasteiger partial charge in [0.05, 0.1) is 12.1 Å². The summed E-state index contributed by atoms with van der Waals surface area (Å²) in [6, 6.07) is 0.539. The molecule has 1 rings (SSSR count). The van der Waals surface area contributed by atoms with Crippen molar-refractivity contribution in [3.63, 3.8) is 0 Å². The lowest BCUT2D eigenvalue weighted by Crippen LogP contribution is -2.60. The van der Waals surface area contributed by atoms with Crippen molar-refractivity contribution in [2.24, 2.45) is 11.7 Å². The van der Waals surface area contributed by atoms with Gasteiger partial charge in [-0.2, -0.15) is 0 Å². The Morgan fingerprint density at radius 1 is 0.892 bits per heavy atom. The van der Waals surface area contributed by atoms with Crippen LogP contribution in [0.5, 0.6) is 5.75 Å². The molecule has 37 heavy (non-hydrogen) atoms. The van der Waals surface area contributed by atoms with Crippen LogP contribution >= 0.6 is 0 Å². The van der Waals surface area contributed by atoms with Crippen molar-refractivity contribution in [1.82, 2.24) is 16.0 Å². The number of carbonyl (C=O) groups excluding carboxylic acids is 3. The molecule has 3 amide bonds. The molecule has 0 aliphatic heterocycles. The van der Waals surface area contributed by atoms with Gasteiger partial charge in [0.1, 0.15) is 23.9 Å². The highest BCUT2D eigenvalue weighted by Gasteiger charge is 2.33. The Kier molecular flexibility index (Phi) is 12.5.